The maximum absolute atomic E-state index is 10.3. The van der Waals surface area contributed by atoms with Crippen LogP contribution in [0.1, 0.15) is 24.4 Å². The smallest absolute Gasteiger partial charge is 0.164 e. The summed E-state index contributed by atoms with van der Waals surface area (Å²) in [7, 11) is 0. The minimum absolute atomic E-state index is 0.636. The normalized spacial score (nSPS) is 15.4. The minimum atomic E-state index is -0.671. The summed E-state index contributed by atoms with van der Waals surface area (Å²) in [5, 5.41) is 16.1. The van der Waals surface area contributed by atoms with Crippen molar-refractivity contribution in [1.82, 2.24) is 14.8 Å². The zero-order valence-corrected chi connectivity index (χ0v) is 17.8. The van der Waals surface area contributed by atoms with Gasteiger partial charge in [0.05, 0.1) is 41.8 Å². The van der Waals surface area contributed by atoms with E-state index in [1.807, 2.05) is 48.0 Å². The largest absolute Gasteiger partial charge is 0.387 e. The van der Waals surface area contributed by atoms with E-state index < -0.39 is 6.10 Å². The molecule has 0 bridgehead atoms. The highest BCUT2D eigenvalue weighted by molar-refractivity contribution is 5.96. The van der Waals surface area contributed by atoms with Gasteiger partial charge in [-0.2, -0.15) is 5.10 Å². The van der Waals surface area contributed by atoms with Gasteiger partial charge in [0, 0.05) is 18.8 Å². The number of aromatic nitrogens is 3. The number of benzene rings is 2. The molecular weight excluding hydrogens is 388 g/mol. The standard InChI is InChI=1S/C25H26N4O2/c1-17-24-22(19-8-10-20(11-9-19)28-12-14-31-15-13-28)16-23(18(2)30)26-25(24)29(27-17)21-6-4-3-5-7-21/h3-11,16,18,30H,12-15H2,1-2H3. The number of aliphatic hydroxyl groups is 1. The van der Waals surface area contributed by atoms with Crippen molar-refractivity contribution in [3.63, 3.8) is 0 Å². The van der Waals surface area contributed by atoms with Gasteiger partial charge in [-0.3, -0.25) is 0 Å². The lowest BCUT2D eigenvalue weighted by molar-refractivity contribution is 0.122. The summed E-state index contributed by atoms with van der Waals surface area (Å²) in [4.78, 5) is 7.12. The number of hydrogen-bond donors (Lipinski definition) is 1. The molecule has 158 valence electrons. The van der Waals surface area contributed by atoms with Gasteiger partial charge in [-0.15, -0.1) is 0 Å². The number of anilines is 1. The quantitative estimate of drug-likeness (QED) is 0.540. The highest BCUT2D eigenvalue weighted by Gasteiger charge is 2.19. The summed E-state index contributed by atoms with van der Waals surface area (Å²) in [6, 6.07) is 20.6. The van der Waals surface area contributed by atoms with E-state index in [1.54, 1.807) is 6.92 Å². The fourth-order valence-electron chi connectivity index (χ4n) is 4.17. The Morgan fingerprint density at radius 1 is 0.968 bits per heavy atom. The van der Waals surface area contributed by atoms with Crippen molar-refractivity contribution in [3.8, 4) is 16.8 Å². The molecule has 4 aromatic rings. The lowest BCUT2D eigenvalue weighted by atomic mass is 9.99. The highest BCUT2D eigenvalue weighted by Crippen LogP contribution is 2.34. The molecular formula is C25H26N4O2. The highest BCUT2D eigenvalue weighted by atomic mass is 16.5. The van der Waals surface area contributed by atoms with Crippen LogP contribution in [0.2, 0.25) is 0 Å². The van der Waals surface area contributed by atoms with E-state index in [4.69, 9.17) is 14.8 Å². The van der Waals surface area contributed by atoms with Crippen molar-refractivity contribution in [1.29, 1.82) is 0 Å². The predicted molar refractivity (Wildman–Crippen MR) is 123 cm³/mol. The fourth-order valence-corrected chi connectivity index (χ4v) is 4.17. The molecule has 0 radical (unpaired) electrons. The van der Waals surface area contributed by atoms with Crippen molar-refractivity contribution in [2.75, 3.05) is 31.2 Å². The van der Waals surface area contributed by atoms with Gasteiger partial charge < -0.3 is 14.7 Å². The summed E-state index contributed by atoms with van der Waals surface area (Å²) in [5.41, 5.74) is 6.58. The second-order valence-corrected chi connectivity index (χ2v) is 7.95. The van der Waals surface area contributed by atoms with Crippen LogP contribution in [-0.2, 0) is 4.74 Å². The average molecular weight is 415 g/mol. The molecule has 0 aliphatic carbocycles. The minimum Gasteiger partial charge on any atom is -0.387 e. The monoisotopic (exact) mass is 414 g/mol. The Hall–Kier alpha value is -3.22. The summed E-state index contributed by atoms with van der Waals surface area (Å²) in [5.74, 6) is 0. The molecule has 2 aromatic heterocycles. The van der Waals surface area contributed by atoms with Gasteiger partial charge in [0.1, 0.15) is 0 Å². The Kier molecular flexibility index (Phi) is 5.18. The number of aryl methyl sites for hydroxylation is 1. The molecule has 1 N–H and O–H groups in total. The number of hydrogen-bond acceptors (Lipinski definition) is 5. The number of rotatable bonds is 4. The number of pyridine rings is 1. The molecule has 1 saturated heterocycles. The number of morpholine rings is 1. The van der Waals surface area contributed by atoms with Crippen LogP contribution in [0.5, 0.6) is 0 Å². The molecule has 0 spiro atoms. The van der Waals surface area contributed by atoms with E-state index in [2.05, 4.69) is 29.2 Å². The maximum atomic E-state index is 10.3. The third-order valence-electron chi connectivity index (χ3n) is 5.82. The lowest BCUT2D eigenvalue weighted by Gasteiger charge is -2.29. The topological polar surface area (TPSA) is 63.4 Å². The SMILES string of the molecule is Cc1nn(-c2ccccc2)c2nc(C(C)O)cc(-c3ccc(N4CCOCC4)cc3)c12. The Balaban J connectivity index is 1.65. The molecule has 1 atom stereocenters. The van der Waals surface area contributed by atoms with Gasteiger partial charge >= 0.3 is 0 Å². The third-order valence-corrected chi connectivity index (χ3v) is 5.82. The van der Waals surface area contributed by atoms with Gasteiger partial charge in [-0.1, -0.05) is 30.3 Å². The summed E-state index contributed by atoms with van der Waals surface area (Å²) in [6.07, 6.45) is -0.671. The van der Waals surface area contributed by atoms with Gasteiger partial charge in [-0.25, -0.2) is 9.67 Å². The van der Waals surface area contributed by atoms with Crippen LogP contribution in [0.15, 0.2) is 60.7 Å². The molecule has 0 saturated carbocycles. The van der Waals surface area contributed by atoms with Crippen LogP contribution in [-0.4, -0.2) is 46.2 Å². The molecule has 1 fully saturated rings. The molecule has 5 rings (SSSR count). The number of nitrogens with zero attached hydrogens (tertiary/aromatic N) is 4. The summed E-state index contributed by atoms with van der Waals surface area (Å²) < 4.78 is 7.33. The first-order chi connectivity index (χ1) is 15.1. The number of ether oxygens (including phenoxy) is 1. The van der Waals surface area contributed by atoms with Gasteiger partial charge in [0.15, 0.2) is 5.65 Å². The molecule has 2 aromatic carbocycles. The first-order valence-electron chi connectivity index (χ1n) is 10.7. The average Bonchev–Trinajstić information content (AvgIpc) is 3.16. The van der Waals surface area contributed by atoms with E-state index in [-0.39, 0.29) is 0 Å². The molecule has 3 heterocycles. The Labute approximate surface area is 181 Å². The Bertz CT molecular complexity index is 1190. The molecule has 1 unspecified atom stereocenters. The van der Waals surface area contributed by atoms with E-state index in [0.29, 0.717) is 5.69 Å². The van der Waals surface area contributed by atoms with Gasteiger partial charge in [0.25, 0.3) is 0 Å². The second kappa shape index (κ2) is 8.13. The molecule has 0 amide bonds. The number of aliphatic hydroxyl groups excluding tert-OH is 1. The first kappa shape index (κ1) is 19.7. The fraction of sp³-hybridized carbons (Fsp3) is 0.280. The van der Waals surface area contributed by atoms with Crippen molar-refractivity contribution >= 4 is 16.7 Å². The molecule has 1 aliphatic heterocycles. The van der Waals surface area contributed by atoms with E-state index in [9.17, 15) is 5.11 Å². The van der Waals surface area contributed by atoms with Crippen LogP contribution in [0, 0.1) is 6.92 Å². The number of fused-ring (bicyclic) bond motifs is 1. The zero-order chi connectivity index (χ0) is 21.4. The van der Waals surface area contributed by atoms with Crippen LogP contribution >= 0.6 is 0 Å². The zero-order valence-electron chi connectivity index (χ0n) is 17.8. The van der Waals surface area contributed by atoms with E-state index >= 15 is 0 Å². The molecule has 6 heteroatoms. The Morgan fingerprint density at radius 3 is 2.35 bits per heavy atom. The van der Waals surface area contributed by atoms with Crippen LogP contribution in [0.25, 0.3) is 27.8 Å². The Morgan fingerprint density at radius 2 is 1.68 bits per heavy atom. The van der Waals surface area contributed by atoms with E-state index in [0.717, 1.165) is 59.8 Å². The second-order valence-electron chi connectivity index (χ2n) is 7.95. The van der Waals surface area contributed by atoms with Crippen LogP contribution < -0.4 is 4.90 Å². The van der Waals surface area contributed by atoms with Crippen molar-refractivity contribution in [3.05, 3.63) is 72.1 Å². The molecule has 1 aliphatic rings. The third kappa shape index (κ3) is 3.69. The van der Waals surface area contributed by atoms with Gasteiger partial charge in [0.2, 0.25) is 0 Å². The van der Waals surface area contributed by atoms with Crippen molar-refractivity contribution in [2.24, 2.45) is 0 Å². The predicted octanol–water partition coefficient (Wildman–Crippen LogP) is 4.29. The van der Waals surface area contributed by atoms with E-state index in [1.165, 1.54) is 5.69 Å². The first-order valence-corrected chi connectivity index (χ1v) is 10.7. The van der Waals surface area contributed by atoms with Crippen LogP contribution in [0.3, 0.4) is 0 Å². The van der Waals surface area contributed by atoms with Crippen molar-refractivity contribution < 1.29 is 9.84 Å². The number of para-hydroxylation sites is 1. The van der Waals surface area contributed by atoms with Gasteiger partial charge in [-0.05, 0) is 55.3 Å². The van der Waals surface area contributed by atoms with Crippen LogP contribution in [0.4, 0.5) is 5.69 Å². The lowest BCUT2D eigenvalue weighted by Crippen LogP contribution is -2.36. The summed E-state index contributed by atoms with van der Waals surface area (Å²) >= 11 is 0. The molecule has 6 nitrogen and oxygen atoms in total. The molecule has 31 heavy (non-hydrogen) atoms. The van der Waals surface area contributed by atoms with Crippen molar-refractivity contribution in [2.45, 2.75) is 20.0 Å². The summed E-state index contributed by atoms with van der Waals surface area (Å²) in [6.45, 7) is 7.11. The maximum Gasteiger partial charge on any atom is 0.164 e.